The van der Waals surface area contributed by atoms with Gasteiger partial charge in [-0.1, -0.05) is 34.9 Å². The molecule has 0 aromatic heterocycles. The van der Waals surface area contributed by atoms with E-state index in [1.165, 1.54) is 12.1 Å². The van der Waals surface area contributed by atoms with E-state index in [-0.39, 0.29) is 11.6 Å². The standard InChI is InChI=1S/C10H7ClF3N3O/c11-8-6-7(2-1-5-16-17-15)3-4-9(8)18-10(12,13)14/h1-4,6H,5H2. The Bertz CT molecular complexity index is 496. The van der Waals surface area contributed by atoms with Crippen LogP contribution in [0.1, 0.15) is 5.56 Å². The number of hydrogen-bond acceptors (Lipinski definition) is 2. The van der Waals surface area contributed by atoms with E-state index in [1.54, 1.807) is 12.2 Å². The molecule has 0 saturated carbocycles. The molecule has 8 heteroatoms. The fourth-order valence-electron chi connectivity index (χ4n) is 1.10. The minimum Gasteiger partial charge on any atom is -0.404 e. The zero-order chi connectivity index (χ0) is 13.6. The molecule has 0 aliphatic heterocycles. The first-order valence-electron chi connectivity index (χ1n) is 4.65. The van der Waals surface area contributed by atoms with Crippen molar-refractivity contribution in [3.63, 3.8) is 0 Å². The Balaban J connectivity index is 2.79. The number of rotatable bonds is 4. The van der Waals surface area contributed by atoms with Crippen LogP contribution in [0.15, 0.2) is 29.4 Å². The molecule has 0 heterocycles. The Hall–Kier alpha value is -1.85. The van der Waals surface area contributed by atoms with Crippen LogP contribution in [0.25, 0.3) is 16.5 Å². The van der Waals surface area contributed by atoms with E-state index < -0.39 is 12.1 Å². The molecule has 0 fully saturated rings. The molecule has 0 atom stereocenters. The Labute approximate surface area is 105 Å². The van der Waals surface area contributed by atoms with Crippen LogP contribution in [0, 0.1) is 0 Å². The van der Waals surface area contributed by atoms with Gasteiger partial charge in [-0.25, -0.2) is 0 Å². The Morgan fingerprint density at radius 1 is 1.44 bits per heavy atom. The Kier molecular flexibility index (Phi) is 4.88. The number of alkyl halides is 3. The molecule has 0 saturated heterocycles. The summed E-state index contributed by atoms with van der Waals surface area (Å²) in [4.78, 5) is 2.54. The zero-order valence-corrected chi connectivity index (χ0v) is 9.61. The van der Waals surface area contributed by atoms with E-state index in [2.05, 4.69) is 14.8 Å². The maximum absolute atomic E-state index is 12.0. The predicted molar refractivity (Wildman–Crippen MR) is 61.2 cm³/mol. The van der Waals surface area contributed by atoms with E-state index in [1.807, 2.05) is 0 Å². The SMILES string of the molecule is [N-]=[N+]=NCC=Cc1ccc(OC(F)(F)F)c(Cl)c1. The number of nitrogens with zero attached hydrogens (tertiary/aromatic N) is 3. The highest BCUT2D eigenvalue weighted by molar-refractivity contribution is 6.32. The van der Waals surface area contributed by atoms with Gasteiger partial charge in [-0.3, -0.25) is 0 Å². The number of benzene rings is 1. The summed E-state index contributed by atoms with van der Waals surface area (Å²) in [6, 6.07) is 3.83. The molecular formula is C10H7ClF3N3O. The van der Waals surface area contributed by atoms with Crippen molar-refractivity contribution in [3.05, 3.63) is 45.3 Å². The molecule has 0 aliphatic carbocycles. The molecular weight excluding hydrogens is 271 g/mol. The molecule has 0 radical (unpaired) electrons. The van der Waals surface area contributed by atoms with Crippen molar-refractivity contribution in [3.8, 4) is 5.75 Å². The van der Waals surface area contributed by atoms with Crippen molar-refractivity contribution in [2.45, 2.75) is 6.36 Å². The average Bonchev–Trinajstić information content (AvgIpc) is 2.26. The molecule has 18 heavy (non-hydrogen) atoms. The summed E-state index contributed by atoms with van der Waals surface area (Å²) in [6.45, 7) is 0.148. The van der Waals surface area contributed by atoms with E-state index in [4.69, 9.17) is 17.1 Å². The molecule has 0 bridgehead atoms. The number of hydrogen-bond donors (Lipinski definition) is 0. The van der Waals surface area contributed by atoms with Gasteiger partial charge >= 0.3 is 6.36 Å². The summed E-state index contributed by atoms with van der Waals surface area (Å²) in [5.74, 6) is -0.462. The van der Waals surface area contributed by atoms with Crippen LogP contribution in [-0.4, -0.2) is 12.9 Å². The number of azide groups is 1. The normalized spacial score (nSPS) is 11.3. The minimum atomic E-state index is -4.78. The van der Waals surface area contributed by atoms with Crippen LogP contribution in [0.5, 0.6) is 5.75 Å². The van der Waals surface area contributed by atoms with E-state index in [9.17, 15) is 13.2 Å². The molecule has 1 aromatic rings. The van der Waals surface area contributed by atoms with Crippen molar-refractivity contribution in [1.29, 1.82) is 0 Å². The quantitative estimate of drug-likeness (QED) is 0.452. The summed E-state index contributed by atoms with van der Waals surface area (Å²) in [5.41, 5.74) is 8.60. The summed E-state index contributed by atoms with van der Waals surface area (Å²) >= 11 is 5.63. The topological polar surface area (TPSA) is 58.0 Å². The molecule has 1 rings (SSSR count). The molecule has 96 valence electrons. The van der Waals surface area contributed by atoms with Gasteiger partial charge in [-0.2, -0.15) is 0 Å². The lowest BCUT2D eigenvalue weighted by molar-refractivity contribution is -0.274. The van der Waals surface area contributed by atoms with Gasteiger partial charge in [0.15, 0.2) is 0 Å². The lowest BCUT2D eigenvalue weighted by Gasteiger charge is -2.10. The van der Waals surface area contributed by atoms with Crippen molar-refractivity contribution < 1.29 is 17.9 Å². The average molecular weight is 278 g/mol. The highest BCUT2D eigenvalue weighted by Gasteiger charge is 2.31. The highest BCUT2D eigenvalue weighted by Crippen LogP contribution is 2.30. The van der Waals surface area contributed by atoms with Crippen molar-refractivity contribution >= 4 is 17.7 Å². The van der Waals surface area contributed by atoms with Gasteiger partial charge in [0, 0.05) is 11.5 Å². The van der Waals surface area contributed by atoms with E-state index in [0.29, 0.717) is 5.56 Å². The third-order valence-corrected chi connectivity index (χ3v) is 2.04. The van der Waals surface area contributed by atoms with Gasteiger partial charge in [-0.15, -0.1) is 13.2 Å². The Morgan fingerprint density at radius 3 is 2.72 bits per heavy atom. The monoisotopic (exact) mass is 277 g/mol. The largest absolute Gasteiger partial charge is 0.573 e. The molecule has 0 amide bonds. The molecule has 0 unspecified atom stereocenters. The molecule has 0 spiro atoms. The first-order chi connectivity index (χ1) is 8.42. The summed E-state index contributed by atoms with van der Waals surface area (Å²) in [5, 5.41) is 3.11. The lowest BCUT2D eigenvalue weighted by atomic mass is 10.2. The second-order valence-electron chi connectivity index (χ2n) is 3.05. The van der Waals surface area contributed by atoms with Crippen LogP contribution >= 0.6 is 11.6 Å². The summed E-state index contributed by atoms with van der Waals surface area (Å²) in [6.07, 6.45) is -1.66. The van der Waals surface area contributed by atoms with Gasteiger partial charge < -0.3 is 4.74 Å². The van der Waals surface area contributed by atoms with Gasteiger partial charge in [0.05, 0.1) is 5.02 Å². The smallest absolute Gasteiger partial charge is 0.404 e. The van der Waals surface area contributed by atoms with Crippen LogP contribution in [0.3, 0.4) is 0 Å². The molecule has 1 aromatic carbocycles. The van der Waals surface area contributed by atoms with Gasteiger partial charge in [-0.05, 0) is 23.2 Å². The van der Waals surface area contributed by atoms with Gasteiger partial charge in [0.25, 0.3) is 0 Å². The van der Waals surface area contributed by atoms with E-state index in [0.717, 1.165) is 6.07 Å². The summed E-state index contributed by atoms with van der Waals surface area (Å²) < 4.78 is 39.6. The van der Waals surface area contributed by atoms with Gasteiger partial charge in [0.1, 0.15) is 5.75 Å². The maximum Gasteiger partial charge on any atom is 0.573 e. The first-order valence-corrected chi connectivity index (χ1v) is 5.03. The first kappa shape index (κ1) is 14.2. The lowest BCUT2D eigenvalue weighted by Crippen LogP contribution is -2.17. The van der Waals surface area contributed by atoms with Crippen LogP contribution in [0.4, 0.5) is 13.2 Å². The maximum atomic E-state index is 12.0. The molecule has 0 N–H and O–H groups in total. The van der Waals surface area contributed by atoms with Crippen LogP contribution in [-0.2, 0) is 0 Å². The third-order valence-electron chi connectivity index (χ3n) is 1.74. The molecule has 4 nitrogen and oxygen atoms in total. The zero-order valence-electron chi connectivity index (χ0n) is 8.86. The fraction of sp³-hybridized carbons (Fsp3) is 0.200. The molecule has 0 aliphatic rings. The van der Waals surface area contributed by atoms with E-state index >= 15 is 0 Å². The Morgan fingerprint density at radius 2 is 2.17 bits per heavy atom. The highest BCUT2D eigenvalue weighted by atomic mass is 35.5. The number of halogens is 4. The van der Waals surface area contributed by atoms with Crippen LogP contribution in [0.2, 0.25) is 5.02 Å². The van der Waals surface area contributed by atoms with Crippen molar-refractivity contribution in [1.82, 2.24) is 0 Å². The second-order valence-corrected chi connectivity index (χ2v) is 3.46. The minimum absolute atomic E-state index is 0.148. The van der Waals surface area contributed by atoms with Crippen molar-refractivity contribution in [2.75, 3.05) is 6.54 Å². The van der Waals surface area contributed by atoms with Crippen molar-refractivity contribution in [2.24, 2.45) is 5.11 Å². The van der Waals surface area contributed by atoms with Crippen LogP contribution < -0.4 is 4.74 Å². The van der Waals surface area contributed by atoms with Gasteiger partial charge in [0.2, 0.25) is 0 Å². The second kappa shape index (κ2) is 6.18. The summed E-state index contributed by atoms with van der Waals surface area (Å²) in [7, 11) is 0. The fourth-order valence-corrected chi connectivity index (χ4v) is 1.33. The number of ether oxygens (including phenoxy) is 1. The predicted octanol–water partition coefficient (Wildman–Crippen LogP) is 4.56. The third kappa shape index (κ3) is 4.99.